The van der Waals surface area contributed by atoms with Crippen molar-refractivity contribution in [2.24, 2.45) is 5.73 Å². The lowest BCUT2D eigenvalue weighted by Gasteiger charge is -2.35. The highest BCUT2D eigenvalue weighted by atomic mass is 16.5. The molecule has 1 fully saturated rings. The average molecular weight is 365 g/mol. The molecule has 6 nitrogen and oxygen atoms in total. The molecule has 4 rings (SSSR count). The summed E-state index contributed by atoms with van der Waals surface area (Å²) in [5.41, 5.74) is 8.11. The lowest BCUT2D eigenvalue weighted by Crippen LogP contribution is -2.58. The van der Waals surface area contributed by atoms with Crippen molar-refractivity contribution < 1.29 is 14.3 Å². The van der Waals surface area contributed by atoms with E-state index < -0.39 is 11.4 Å². The Bertz CT molecular complexity index is 888. The SMILES string of the molecule is NC(=O)C1(NC(=O)c2cncc(-c3ccc4c(c3)CCO4)c2)CCCCC1. The van der Waals surface area contributed by atoms with Gasteiger partial charge in [-0.25, -0.2) is 0 Å². The number of carbonyl (C=O) groups excluding carboxylic acids is 2. The van der Waals surface area contributed by atoms with E-state index in [2.05, 4.69) is 16.4 Å². The first-order chi connectivity index (χ1) is 13.1. The second-order valence-electron chi connectivity index (χ2n) is 7.34. The van der Waals surface area contributed by atoms with Gasteiger partial charge in [0.1, 0.15) is 11.3 Å². The van der Waals surface area contributed by atoms with E-state index in [1.807, 2.05) is 12.1 Å². The Morgan fingerprint density at radius 2 is 1.89 bits per heavy atom. The average Bonchev–Trinajstić information content (AvgIpc) is 3.16. The first kappa shape index (κ1) is 17.5. The highest BCUT2D eigenvalue weighted by molar-refractivity contribution is 5.99. The number of amides is 2. The number of fused-ring (bicyclic) bond motifs is 1. The summed E-state index contributed by atoms with van der Waals surface area (Å²) < 4.78 is 5.55. The Hall–Kier alpha value is -2.89. The number of benzene rings is 1. The smallest absolute Gasteiger partial charge is 0.253 e. The van der Waals surface area contributed by atoms with Crippen molar-refractivity contribution in [1.29, 1.82) is 0 Å². The van der Waals surface area contributed by atoms with Gasteiger partial charge in [-0.05, 0) is 42.2 Å². The van der Waals surface area contributed by atoms with Gasteiger partial charge in [-0.15, -0.1) is 0 Å². The number of hydrogen-bond donors (Lipinski definition) is 2. The van der Waals surface area contributed by atoms with Crippen molar-refractivity contribution in [1.82, 2.24) is 10.3 Å². The lowest BCUT2D eigenvalue weighted by atomic mass is 9.81. The van der Waals surface area contributed by atoms with Crippen LogP contribution in [0.2, 0.25) is 0 Å². The molecule has 0 unspecified atom stereocenters. The number of ether oxygens (including phenoxy) is 1. The molecule has 0 saturated heterocycles. The predicted octanol–water partition coefficient (Wildman–Crippen LogP) is 2.60. The number of nitrogens with zero attached hydrogens (tertiary/aromatic N) is 1. The van der Waals surface area contributed by atoms with Crippen LogP contribution in [0, 0.1) is 0 Å². The van der Waals surface area contributed by atoms with Crippen LogP contribution < -0.4 is 15.8 Å². The van der Waals surface area contributed by atoms with Crippen molar-refractivity contribution in [3.8, 4) is 16.9 Å². The number of nitrogens with two attached hydrogens (primary N) is 1. The van der Waals surface area contributed by atoms with Gasteiger partial charge in [-0.3, -0.25) is 14.6 Å². The summed E-state index contributed by atoms with van der Waals surface area (Å²) in [5.74, 6) is 0.147. The third kappa shape index (κ3) is 3.39. The fraction of sp³-hybridized carbons (Fsp3) is 0.381. The number of rotatable bonds is 4. The van der Waals surface area contributed by atoms with E-state index in [0.29, 0.717) is 25.0 Å². The van der Waals surface area contributed by atoms with Crippen LogP contribution in [0.15, 0.2) is 36.7 Å². The minimum atomic E-state index is -0.948. The first-order valence-electron chi connectivity index (χ1n) is 9.41. The zero-order valence-corrected chi connectivity index (χ0v) is 15.2. The molecule has 3 N–H and O–H groups in total. The van der Waals surface area contributed by atoms with Gasteiger partial charge < -0.3 is 15.8 Å². The van der Waals surface area contributed by atoms with Crippen molar-refractivity contribution in [2.45, 2.75) is 44.1 Å². The standard InChI is InChI=1S/C21H23N3O3/c22-20(26)21(7-2-1-3-8-21)24-19(25)17-11-16(12-23-13-17)14-4-5-18-15(10-14)6-9-27-18/h4-5,10-13H,1-3,6-9H2,(H2,22,26)(H,24,25). The molecular formula is C21H23N3O3. The van der Waals surface area contributed by atoms with Gasteiger partial charge in [-0.2, -0.15) is 0 Å². The highest BCUT2D eigenvalue weighted by Gasteiger charge is 2.39. The van der Waals surface area contributed by atoms with Gasteiger partial charge in [0.05, 0.1) is 12.2 Å². The van der Waals surface area contributed by atoms with Gasteiger partial charge in [0.15, 0.2) is 0 Å². The molecule has 2 heterocycles. The van der Waals surface area contributed by atoms with E-state index in [4.69, 9.17) is 10.5 Å². The molecule has 2 amide bonds. The normalized spacial score (nSPS) is 17.6. The monoisotopic (exact) mass is 365 g/mol. The minimum absolute atomic E-state index is 0.311. The Balaban J connectivity index is 1.58. The fourth-order valence-corrected chi connectivity index (χ4v) is 3.97. The number of primary amides is 1. The van der Waals surface area contributed by atoms with Crippen LogP contribution in [0.5, 0.6) is 5.75 Å². The number of pyridine rings is 1. The molecule has 0 atom stereocenters. The number of carbonyl (C=O) groups is 2. The van der Waals surface area contributed by atoms with Crippen LogP contribution >= 0.6 is 0 Å². The van der Waals surface area contributed by atoms with E-state index in [-0.39, 0.29) is 5.91 Å². The molecule has 2 aromatic rings. The van der Waals surface area contributed by atoms with Crippen molar-refractivity contribution in [3.05, 3.63) is 47.8 Å². The van der Waals surface area contributed by atoms with Crippen molar-refractivity contribution in [3.63, 3.8) is 0 Å². The maximum atomic E-state index is 12.8. The summed E-state index contributed by atoms with van der Waals surface area (Å²) >= 11 is 0. The first-order valence-corrected chi connectivity index (χ1v) is 9.41. The number of aromatic nitrogens is 1. The summed E-state index contributed by atoms with van der Waals surface area (Å²) in [5, 5.41) is 2.89. The van der Waals surface area contributed by atoms with Gasteiger partial charge in [0.25, 0.3) is 5.91 Å². The van der Waals surface area contributed by atoms with Gasteiger partial charge in [0, 0.05) is 24.4 Å². The predicted molar refractivity (Wildman–Crippen MR) is 101 cm³/mol. The molecule has 0 radical (unpaired) electrons. The van der Waals surface area contributed by atoms with Crippen LogP contribution in [-0.2, 0) is 11.2 Å². The lowest BCUT2D eigenvalue weighted by molar-refractivity contribution is -0.125. The van der Waals surface area contributed by atoms with E-state index in [9.17, 15) is 9.59 Å². The largest absolute Gasteiger partial charge is 0.493 e. The van der Waals surface area contributed by atoms with Crippen molar-refractivity contribution >= 4 is 11.8 Å². The molecule has 0 spiro atoms. The zero-order chi connectivity index (χ0) is 18.9. The maximum absolute atomic E-state index is 12.8. The molecule has 2 aliphatic rings. The molecule has 1 saturated carbocycles. The number of hydrogen-bond acceptors (Lipinski definition) is 4. The molecule has 1 aromatic heterocycles. The summed E-state index contributed by atoms with van der Waals surface area (Å²) in [7, 11) is 0. The molecule has 27 heavy (non-hydrogen) atoms. The maximum Gasteiger partial charge on any atom is 0.253 e. The summed E-state index contributed by atoms with van der Waals surface area (Å²) in [6.07, 6.45) is 8.16. The van der Waals surface area contributed by atoms with Crippen molar-refractivity contribution in [2.75, 3.05) is 6.61 Å². The van der Waals surface area contributed by atoms with Crippen LogP contribution in [0.3, 0.4) is 0 Å². The Morgan fingerprint density at radius 1 is 1.07 bits per heavy atom. The van der Waals surface area contributed by atoms with Crippen LogP contribution in [0.4, 0.5) is 0 Å². The Kier molecular flexibility index (Phi) is 4.56. The third-order valence-electron chi connectivity index (χ3n) is 5.55. The van der Waals surface area contributed by atoms with Crippen LogP contribution in [0.1, 0.15) is 48.0 Å². The zero-order valence-electron chi connectivity index (χ0n) is 15.2. The summed E-state index contributed by atoms with van der Waals surface area (Å²) in [4.78, 5) is 29.1. The second kappa shape index (κ2) is 7.02. The fourth-order valence-electron chi connectivity index (χ4n) is 3.97. The van der Waals surface area contributed by atoms with E-state index in [1.54, 1.807) is 12.3 Å². The van der Waals surface area contributed by atoms with Gasteiger partial charge >= 0.3 is 0 Å². The summed E-state index contributed by atoms with van der Waals surface area (Å²) in [6, 6.07) is 7.80. The van der Waals surface area contributed by atoms with Crippen LogP contribution in [-0.4, -0.2) is 28.9 Å². The van der Waals surface area contributed by atoms with E-state index in [1.165, 1.54) is 6.20 Å². The third-order valence-corrected chi connectivity index (χ3v) is 5.55. The Morgan fingerprint density at radius 3 is 2.67 bits per heavy atom. The van der Waals surface area contributed by atoms with E-state index in [0.717, 1.165) is 48.1 Å². The molecule has 1 aromatic carbocycles. The molecule has 140 valence electrons. The van der Waals surface area contributed by atoms with Gasteiger partial charge in [-0.1, -0.05) is 25.3 Å². The second-order valence-corrected chi connectivity index (χ2v) is 7.34. The summed E-state index contributed by atoms with van der Waals surface area (Å²) in [6.45, 7) is 0.703. The Labute approximate surface area is 158 Å². The van der Waals surface area contributed by atoms with E-state index >= 15 is 0 Å². The molecule has 1 aliphatic heterocycles. The quantitative estimate of drug-likeness (QED) is 0.871. The topological polar surface area (TPSA) is 94.3 Å². The van der Waals surface area contributed by atoms with Gasteiger partial charge in [0.2, 0.25) is 5.91 Å². The molecular weight excluding hydrogens is 342 g/mol. The number of nitrogens with one attached hydrogen (secondary N) is 1. The van der Waals surface area contributed by atoms with Crippen LogP contribution in [0.25, 0.3) is 11.1 Å². The highest BCUT2D eigenvalue weighted by Crippen LogP contribution is 2.31. The molecule has 6 heteroatoms. The minimum Gasteiger partial charge on any atom is -0.493 e. The molecule has 1 aliphatic carbocycles. The molecule has 0 bridgehead atoms.